The van der Waals surface area contributed by atoms with Gasteiger partial charge >= 0.3 is 0 Å². The van der Waals surface area contributed by atoms with Crippen LogP contribution in [0.4, 0.5) is 0 Å². The molecule has 0 bridgehead atoms. The Bertz CT molecular complexity index is 272. The number of hydrogen-bond donors (Lipinski definition) is 1. The van der Waals surface area contributed by atoms with Crippen molar-refractivity contribution in [1.29, 1.82) is 0 Å². The first kappa shape index (κ1) is 16.4. The molecule has 112 valence electrons. The second-order valence-electron chi connectivity index (χ2n) is 5.78. The van der Waals surface area contributed by atoms with Crippen LogP contribution in [0.5, 0.6) is 0 Å². The third-order valence-electron chi connectivity index (χ3n) is 3.77. The summed E-state index contributed by atoms with van der Waals surface area (Å²) in [6.45, 7) is 6.12. The van der Waals surface area contributed by atoms with Crippen LogP contribution in [-0.2, 0) is 14.3 Å². The molecule has 2 unspecified atom stereocenters. The largest absolute Gasteiger partial charge is 0.377 e. The lowest BCUT2D eigenvalue weighted by atomic mass is 9.94. The Labute approximate surface area is 116 Å². The summed E-state index contributed by atoms with van der Waals surface area (Å²) in [5.74, 6) is 1.01. The Morgan fingerprint density at radius 3 is 2.16 bits per heavy atom. The second kappa shape index (κ2) is 7.82. The maximum Gasteiger partial charge on any atom is 0.223 e. The number of amides is 1. The Kier molecular flexibility index (Phi) is 6.75. The topological polar surface area (TPSA) is 64.8 Å². The average molecular weight is 272 g/mol. The van der Waals surface area contributed by atoms with Gasteiger partial charge in [0.2, 0.25) is 5.91 Å². The summed E-state index contributed by atoms with van der Waals surface area (Å²) < 4.78 is 10.7. The summed E-state index contributed by atoms with van der Waals surface area (Å²) in [4.78, 5) is 14.1. The van der Waals surface area contributed by atoms with Crippen LogP contribution in [-0.4, -0.2) is 56.9 Å². The van der Waals surface area contributed by atoms with Gasteiger partial charge in [0.1, 0.15) is 12.2 Å². The molecular formula is C14H28N2O3. The number of hydrogen-bond acceptors (Lipinski definition) is 4. The smallest absolute Gasteiger partial charge is 0.223 e. The van der Waals surface area contributed by atoms with Crippen LogP contribution in [0.2, 0.25) is 0 Å². The first-order valence-electron chi connectivity index (χ1n) is 7.05. The van der Waals surface area contributed by atoms with E-state index in [1.165, 1.54) is 0 Å². The normalized spacial score (nSPS) is 25.1. The van der Waals surface area contributed by atoms with Gasteiger partial charge < -0.3 is 20.1 Å². The van der Waals surface area contributed by atoms with Crippen molar-refractivity contribution in [3.8, 4) is 0 Å². The average Bonchev–Trinajstić information content (AvgIpc) is 2.80. The SMILES string of the molecule is COC1CN(C(=O)C[C@@H](CN)CC(C)C)CC1OC. The highest BCUT2D eigenvalue weighted by atomic mass is 16.5. The summed E-state index contributed by atoms with van der Waals surface area (Å²) in [6.07, 6.45) is 1.49. The van der Waals surface area contributed by atoms with Crippen molar-refractivity contribution in [2.24, 2.45) is 17.6 Å². The fraction of sp³-hybridized carbons (Fsp3) is 0.929. The zero-order chi connectivity index (χ0) is 14.4. The fourth-order valence-electron chi connectivity index (χ4n) is 2.71. The third kappa shape index (κ3) is 4.75. The Morgan fingerprint density at radius 2 is 1.79 bits per heavy atom. The number of rotatable bonds is 7. The lowest BCUT2D eigenvalue weighted by Gasteiger charge is -2.21. The highest BCUT2D eigenvalue weighted by Crippen LogP contribution is 2.20. The molecule has 0 aromatic heterocycles. The van der Waals surface area contributed by atoms with E-state index in [1.54, 1.807) is 14.2 Å². The van der Waals surface area contributed by atoms with Crippen LogP contribution in [0.15, 0.2) is 0 Å². The molecule has 3 atom stereocenters. The van der Waals surface area contributed by atoms with Gasteiger partial charge in [-0.2, -0.15) is 0 Å². The molecule has 0 saturated carbocycles. The minimum Gasteiger partial charge on any atom is -0.377 e. The molecule has 0 aromatic rings. The molecular weight excluding hydrogens is 244 g/mol. The fourth-order valence-corrected chi connectivity index (χ4v) is 2.71. The van der Waals surface area contributed by atoms with E-state index in [4.69, 9.17) is 15.2 Å². The molecule has 0 spiro atoms. The molecule has 1 amide bonds. The first-order chi connectivity index (χ1) is 9.01. The van der Waals surface area contributed by atoms with E-state index in [2.05, 4.69) is 13.8 Å². The van der Waals surface area contributed by atoms with Gasteiger partial charge in [0.05, 0.1) is 0 Å². The van der Waals surface area contributed by atoms with E-state index in [1.807, 2.05) is 4.90 Å². The number of nitrogens with two attached hydrogens (primary N) is 1. The molecule has 1 fully saturated rings. The monoisotopic (exact) mass is 272 g/mol. The van der Waals surface area contributed by atoms with Gasteiger partial charge in [0.25, 0.3) is 0 Å². The van der Waals surface area contributed by atoms with Crippen molar-refractivity contribution in [3.05, 3.63) is 0 Å². The summed E-state index contributed by atoms with van der Waals surface area (Å²) in [6, 6.07) is 0. The highest BCUT2D eigenvalue weighted by Gasteiger charge is 2.35. The number of carbonyl (C=O) groups excluding carboxylic acids is 1. The standard InChI is InChI=1S/C14H28N2O3/c1-10(2)5-11(7-15)6-14(17)16-8-12(18-3)13(9-16)19-4/h10-13H,5-9,15H2,1-4H3/t11-,12?,13?/m0/s1. The van der Waals surface area contributed by atoms with Gasteiger partial charge in [-0.05, 0) is 24.8 Å². The molecule has 1 rings (SSSR count). The Morgan fingerprint density at radius 1 is 1.26 bits per heavy atom. The first-order valence-corrected chi connectivity index (χ1v) is 7.05. The second-order valence-corrected chi connectivity index (χ2v) is 5.78. The predicted octanol–water partition coefficient (Wildman–Crippen LogP) is 0.870. The number of nitrogens with zero attached hydrogens (tertiary/aromatic N) is 1. The summed E-state index contributed by atoms with van der Waals surface area (Å²) in [7, 11) is 3.32. The van der Waals surface area contributed by atoms with E-state index >= 15 is 0 Å². The predicted molar refractivity (Wildman–Crippen MR) is 74.8 cm³/mol. The van der Waals surface area contributed by atoms with Crippen LogP contribution in [0.1, 0.15) is 26.7 Å². The highest BCUT2D eigenvalue weighted by molar-refractivity contribution is 5.77. The number of ether oxygens (including phenoxy) is 2. The van der Waals surface area contributed by atoms with Crippen molar-refractivity contribution in [2.45, 2.75) is 38.9 Å². The summed E-state index contributed by atoms with van der Waals surface area (Å²) in [5.41, 5.74) is 5.75. The van der Waals surface area contributed by atoms with Gasteiger partial charge in [-0.25, -0.2) is 0 Å². The lowest BCUT2D eigenvalue weighted by molar-refractivity contribution is -0.131. The van der Waals surface area contributed by atoms with E-state index in [0.717, 1.165) is 6.42 Å². The van der Waals surface area contributed by atoms with Gasteiger partial charge in [-0.15, -0.1) is 0 Å². The van der Waals surface area contributed by atoms with Crippen molar-refractivity contribution in [3.63, 3.8) is 0 Å². The number of carbonyl (C=O) groups is 1. The molecule has 5 nitrogen and oxygen atoms in total. The van der Waals surface area contributed by atoms with Crippen LogP contribution < -0.4 is 5.73 Å². The third-order valence-corrected chi connectivity index (χ3v) is 3.77. The van der Waals surface area contributed by atoms with E-state index < -0.39 is 0 Å². The van der Waals surface area contributed by atoms with Crippen LogP contribution in [0.25, 0.3) is 0 Å². The number of likely N-dealkylation sites (tertiary alicyclic amines) is 1. The van der Waals surface area contributed by atoms with Crippen LogP contribution >= 0.6 is 0 Å². The van der Waals surface area contributed by atoms with Crippen molar-refractivity contribution in [1.82, 2.24) is 4.90 Å². The molecule has 0 aromatic carbocycles. The van der Waals surface area contributed by atoms with Crippen molar-refractivity contribution < 1.29 is 14.3 Å². The molecule has 0 radical (unpaired) electrons. The van der Waals surface area contributed by atoms with Gasteiger partial charge in [-0.1, -0.05) is 13.8 Å². The molecule has 5 heteroatoms. The Hall–Kier alpha value is -0.650. The molecule has 1 heterocycles. The maximum atomic E-state index is 12.3. The van der Waals surface area contributed by atoms with Crippen molar-refractivity contribution >= 4 is 5.91 Å². The minimum atomic E-state index is -0.0182. The van der Waals surface area contributed by atoms with Gasteiger partial charge in [-0.3, -0.25) is 4.79 Å². The molecule has 0 aliphatic carbocycles. The van der Waals surface area contributed by atoms with Crippen LogP contribution in [0.3, 0.4) is 0 Å². The minimum absolute atomic E-state index is 0.0182. The summed E-state index contributed by atoms with van der Waals surface area (Å²) >= 11 is 0. The zero-order valence-electron chi connectivity index (χ0n) is 12.6. The van der Waals surface area contributed by atoms with Gasteiger partial charge in [0.15, 0.2) is 0 Å². The number of methoxy groups -OCH3 is 2. The molecule has 1 saturated heterocycles. The molecule has 19 heavy (non-hydrogen) atoms. The van der Waals surface area contributed by atoms with E-state index in [0.29, 0.717) is 32.0 Å². The molecule has 1 aliphatic rings. The maximum absolute atomic E-state index is 12.3. The zero-order valence-corrected chi connectivity index (χ0v) is 12.6. The van der Waals surface area contributed by atoms with Crippen molar-refractivity contribution in [2.75, 3.05) is 33.9 Å². The molecule has 2 N–H and O–H groups in total. The van der Waals surface area contributed by atoms with Crippen LogP contribution in [0, 0.1) is 11.8 Å². The lowest BCUT2D eigenvalue weighted by Crippen LogP contribution is -2.33. The Balaban J connectivity index is 2.49. The van der Waals surface area contributed by atoms with Gasteiger partial charge in [0, 0.05) is 33.7 Å². The quantitative estimate of drug-likeness (QED) is 0.747. The summed E-state index contributed by atoms with van der Waals surface area (Å²) in [5, 5.41) is 0. The van der Waals surface area contributed by atoms with E-state index in [-0.39, 0.29) is 24.0 Å². The van der Waals surface area contributed by atoms with E-state index in [9.17, 15) is 4.79 Å². The molecule has 1 aliphatic heterocycles.